The minimum Gasteiger partial charge on any atom is -1.00 e. The molecular formula is C7H13KO4. The Morgan fingerprint density at radius 2 is 1.42 bits per heavy atom. The van der Waals surface area contributed by atoms with Gasteiger partial charge in [-0.05, 0) is 6.42 Å². The molecule has 0 aliphatic heterocycles. The van der Waals surface area contributed by atoms with Crippen LogP contribution in [0.25, 0.3) is 0 Å². The van der Waals surface area contributed by atoms with Crippen LogP contribution in [0.5, 0.6) is 0 Å². The first kappa shape index (κ1) is 15.1. The SMILES string of the molecule is COC(=O)CCCC(=O)OC.[H-].[K+]. The van der Waals surface area contributed by atoms with E-state index in [1.165, 1.54) is 14.2 Å². The van der Waals surface area contributed by atoms with Crippen molar-refractivity contribution in [3.63, 3.8) is 0 Å². The molecule has 0 bridgehead atoms. The molecule has 66 valence electrons. The summed E-state index contributed by atoms with van der Waals surface area (Å²) >= 11 is 0. The predicted molar refractivity (Wildman–Crippen MR) is 39.0 cm³/mol. The molecule has 0 atom stereocenters. The van der Waals surface area contributed by atoms with E-state index in [1.807, 2.05) is 0 Å². The molecule has 0 saturated heterocycles. The van der Waals surface area contributed by atoms with E-state index in [2.05, 4.69) is 9.47 Å². The van der Waals surface area contributed by atoms with Crippen LogP contribution in [0, 0.1) is 0 Å². The molecule has 5 heteroatoms. The van der Waals surface area contributed by atoms with Gasteiger partial charge in [-0.1, -0.05) is 0 Å². The van der Waals surface area contributed by atoms with Gasteiger partial charge in [0.25, 0.3) is 0 Å². The van der Waals surface area contributed by atoms with Gasteiger partial charge >= 0.3 is 63.3 Å². The summed E-state index contributed by atoms with van der Waals surface area (Å²) in [7, 11) is 2.64. The average Bonchev–Trinajstić information content (AvgIpc) is 2.04. The number of carbonyl (C=O) groups excluding carboxylic acids is 2. The van der Waals surface area contributed by atoms with Gasteiger partial charge < -0.3 is 10.9 Å². The van der Waals surface area contributed by atoms with Crippen LogP contribution in [0.15, 0.2) is 0 Å². The van der Waals surface area contributed by atoms with Crippen molar-refractivity contribution >= 4 is 11.9 Å². The van der Waals surface area contributed by atoms with Crippen LogP contribution in [0.2, 0.25) is 0 Å². The summed E-state index contributed by atoms with van der Waals surface area (Å²) in [6, 6.07) is 0. The molecule has 0 amide bonds. The smallest absolute Gasteiger partial charge is 1.00 e. The predicted octanol–water partition coefficient (Wildman–Crippen LogP) is -2.38. The van der Waals surface area contributed by atoms with Crippen molar-refractivity contribution in [2.75, 3.05) is 14.2 Å². The third-order valence-corrected chi connectivity index (χ3v) is 1.22. The molecule has 0 saturated carbocycles. The first-order chi connectivity index (χ1) is 5.20. The largest absolute Gasteiger partial charge is 1.00 e. The Morgan fingerprint density at radius 3 is 1.67 bits per heavy atom. The maximum atomic E-state index is 10.5. The maximum Gasteiger partial charge on any atom is 1.00 e. The van der Waals surface area contributed by atoms with E-state index in [9.17, 15) is 9.59 Å². The fourth-order valence-electron chi connectivity index (χ4n) is 0.581. The number of ether oxygens (including phenoxy) is 2. The van der Waals surface area contributed by atoms with Gasteiger partial charge in [-0.15, -0.1) is 0 Å². The van der Waals surface area contributed by atoms with Crippen molar-refractivity contribution in [3.05, 3.63) is 0 Å². The molecule has 0 aromatic carbocycles. The second kappa shape index (κ2) is 9.66. The topological polar surface area (TPSA) is 52.6 Å². The standard InChI is InChI=1S/C7H12O4.K.H/c1-10-6(8)4-3-5-7(9)11-2;;/h3-5H2,1-2H3;;/q;+1;-1. The Morgan fingerprint density at radius 1 is 1.08 bits per heavy atom. The average molecular weight is 200 g/mol. The monoisotopic (exact) mass is 200 g/mol. The van der Waals surface area contributed by atoms with Gasteiger partial charge in [0.15, 0.2) is 0 Å². The van der Waals surface area contributed by atoms with Gasteiger partial charge in [-0.2, -0.15) is 0 Å². The Kier molecular flexibility index (Phi) is 12.1. The quantitative estimate of drug-likeness (QED) is 0.376. The van der Waals surface area contributed by atoms with Crippen molar-refractivity contribution < 1.29 is 71.9 Å². The van der Waals surface area contributed by atoms with Gasteiger partial charge in [-0.25, -0.2) is 0 Å². The van der Waals surface area contributed by atoms with E-state index >= 15 is 0 Å². The second-order valence-electron chi connectivity index (χ2n) is 2.01. The van der Waals surface area contributed by atoms with E-state index in [0.717, 1.165) is 0 Å². The van der Waals surface area contributed by atoms with Gasteiger partial charge in [0.2, 0.25) is 0 Å². The summed E-state index contributed by atoms with van der Waals surface area (Å²) in [5.41, 5.74) is 0. The van der Waals surface area contributed by atoms with Gasteiger partial charge in [0.05, 0.1) is 14.2 Å². The molecule has 0 aromatic rings. The van der Waals surface area contributed by atoms with Crippen LogP contribution >= 0.6 is 0 Å². The molecular weight excluding hydrogens is 187 g/mol. The zero-order valence-corrected chi connectivity index (χ0v) is 10.9. The number of methoxy groups -OCH3 is 2. The number of hydrogen-bond donors (Lipinski definition) is 0. The molecule has 12 heavy (non-hydrogen) atoms. The van der Waals surface area contributed by atoms with Crippen LogP contribution in [0.4, 0.5) is 0 Å². The number of hydrogen-bond acceptors (Lipinski definition) is 4. The van der Waals surface area contributed by atoms with E-state index in [4.69, 9.17) is 0 Å². The van der Waals surface area contributed by atoms with Crippen LogP contribution < -0.4 is 51.4 Å². The van der Waals surface area contributed by atoms with Gasteiger partial charge in [0, 0.05) is 12.8 Å². The van der Waals surface area contributed by atoms with Gasteiger partial charge in [0.1, 0.15) is 0 Å². The summed E-state index contributed by atoms with van der Waals surface area (Å²) < 4.78 is 8.75. The summed E-state index contributed by atoms with van der Waals surface area (Å²) in [4.78, 5) is 21.0. The molecule has 0 aliphatic rings. The van der Waals surface area contributed by atoms with E-state index in [1.54, 1.807) is 0 Å². The fourth-order valence-corrected chi connectivity index (χ4v) is 0.581. The van der Waals surface area contributed by atoms with Crippen molar-refractivity contribution in [3.8, 4) is 0 Å². The number of rotatable bonds is 4. The van der Waals surface area contributed by atoms with Crippen molar-refractivity contribution in [1.82, 2.24) is 0 Å². The zero-order valence-electron chi connectivity index (χ0n) is 8.75. The molecule has 0 heterocycles. The molecule has 0 unspecified atom stereocenters. The normalized spacial score (nSPS) is 8.17. The third kappa shape index (κ3) is 8.67. The first-order valence-electron chi connectivity index (χ1n) is 3.34. The van der Waals surface area contributed by atoms with E-state index in [0.29, 0.717) is 6.42 Å². The summed E-state index contributed by atoms with van der Waals surface area (Å²) in [6.07, 6.45) is 1.02. The third-order valence-electron chi connectivity index (χ3n) is 1.22. The zero-order chi connectivity index (χ0) is 8.69. The van der Waals surface area contributed by atoms with E-state index < -0.39 is 0 Å². The number of esters is 2. The molecule has 4 nitrogen and oxygen atoms in total. The van der Waals surface area contributed by atoms with Crippen LogP contribution in [0.1, 0.15) is 20.7 Å². The van der Waals surface area contributed by atoms with E-state index in [-0.39, 0.29) is 77.6 Å². The minimum absolute atomic E-state index is 0. The summed E-state index contributed by atoms with van der Waals surface area (Å²) in [6.45, 7) is 0. The first-order valence-corrected chi connectivity index (χ1v) is 3.34. The Bertz CT molecular complexity index is 135. The molecule has 0 fully saturated rings. The molecule has 0 spiro atoms. The van der Waals surface area contributed by atoms with Crippen LogP contribution in [0.3, 0.4) is 0 Å². The number of carbonyl (C=O) groups is 2. The molecule has 0 N–H and O–H groups in total. The Balaban J connectivity index is -0.000000500. The van der Waals surface area contributed by atoms with Crippen molar-refractivity contribution in [2.45, 2.75) is 19.3 Å². The second-order valence-corrected chi connectivity index (χ2v) is 2.01. The molecule has 0 aromatic heterocycles. The summed E-state index contributed by atoms with van der Waals surface area (Å²) in [5.74, 6) is -0.595. The van der Waals surface area contributed by atoms with Crippen molar-refractivity contribution in [1.29, 1.82) is 0 Å². The Hall–Kier alpha value is 0.576. The van der Waals surface area contributed by atoms with Crippen LogP contribution in [-0.4, -0.2) is 26.2 Å². The minimum atomic E-state index is -0.297. The fraction of sp³-hybridized carbons (Fsp3) is 0.714. The molecule has 0 rings (SSSR count). The summed E-state index contributed by atoms with van der Waals surface area (Å²) in [5, 5.41) is 0. The van der Waals surface area contributed by atoms with Crippen LogP contribution in [-0.2, 0) is 19.1 Å². The maximum absolute atomic E-state index is 10.5. The molecule has 0 aliphatic carbocycles. The van der Waals surface area contributed by atoms with Crippen molar-refractivity contribution in [2.24, 2.45) is 0 Å². The molecule has 0 radical (unpaired) electrons. The Labute approximate surface area is 116 Å². The van der Waals surface area contributed by atoms with Gasteiger partial charge in [-0.3, -0.25) is 9.59 Å².